The fourth-order valence-corrected chi connectivity index (χ4v) is 3.08. The summed E-state index contributed by atoms with van der Waals surface area (Å²) in [6.07, 6.45) is 2.16. The van der Waals surface area contributed by atoms with E-state index >= 15 is 0 Å². The van der Waals surface area contributed by atoms with E-state index in [9.17, 15) is 4.79 Å². The zero-order valence-electron chi connectivity index (χ0n) is 16.1. The van der Waals surface area contributed by atoms with Gasteiger partial charge in [0.1, 0.15) is 0 Å². The van der Waals surface area contributed by atoms with Crippen molar-refractivity contribution in [3.63, 3.8) is 0 Å². The first-order valence-electron chi connectivity index (χ1n) is 8.82. The van der Waals surface area contributed by atoms with Crippen molar-refractivity contribution >= 4 is 28.1 Å². The molecule has 1 heterocycles. The second-order valence-electron chi connectivity index (χ2n) is 6.02. The van der Waals surface area contributed by atoms with Crippen LogP contribution in [0.1, 0.15) is 11.1 Å². The number of rotatable bonds is 9. The van der Waals surface area contributed by atoms with Crippen molar-refractivity contribution < 1.29 is 28.6 Å². The molecule has 154 valence electrons. The van der Waals surface area contributed by atoms with Gasteiger partial charge in [-0.15, -0.1) is 0 Å². The molecule has 2 aromatic carbocycles. The Morgan fingerprint density at radius 2 is 1.93 bits per heavy atom. The number of hydrogen-bond donors (Lipinski definition) is 1. The van der Waals surface area contributed by atoms with Crippen LogP contribution in [0.2, 0.25) is 0 Å². The third-order valence-electron chi connectivity index (χ3n) is 4.14. The summed E-state index contributed by atoms with van der Waals surface area (Å²) in [6, 6.07) is 9.22. The molecule has 0 radical (unpaired) electrons. The maximum Gasteiger partial charge on any atom is 0.260 e. The van der Waals surface area contributed by atoms with Crippen LogP contribution in [0.4, 0.5) is 0 Å². The molecule has 1 amide bonds. The highest BCUT2D eigenvalue weighted by Crippen LogP contribution is 2.36. The fraction of sp³-hybridized carbons (Fsp3) is 0.300. The first-order chi connectivity index (χ1) is 14.1. The largest absolute Gasteiger partial charge is 0.493 e. The minimum absolute atomic E-state index is 0.176. The van der Waals surface area contributed by atoms with E-state index in [1.807, 2.05) is 18.2 Å². The summed E-state index contributed by atoms with van der Waals surface area (Å²) in [4.78, 5) is 17.0. The highest BCUT2D eigenvalue weighted by molar-refractivity contribution is 9.10. The number of nitrogens with zero attached hydrogens (tertiary/aromatic N) is 1. The molecule has 3 rings (SSSR count). The lowest BCUT2D eigenvalue weighted by molar-refractivity contribution is -0.125. The quantitative estimate of drug-likeness (QED) is 0.453. The predicted octanol–water partition coefficient (Wildman–Crippen LogP) is 2.90. The lowest BCUT2D eigenvalue weighted by Crippen LogP contribution is -2.28. The Morgan fingerprint density at radius 3 is 2.69 bits per heavy atom. The number of carbonyl (C=O) groups excluding carboxylic acids is 1. The van der Waals surface area contributed by atoms with E-state index < -0.39 is 0 Å². The summed E-state index contributed by atoms with van der Waals surface area (Å²) in [5.74, 6) is 2.38. The van der Waals surface area contributed by atoms with Gasteiger partial charge in [-0.05, 0) is 52.2 Å². The van der Waals surface area contributed by atoms with E-state index in [-0.39, 0.29) is 19.3 Å². The molecular weight excluding hydrogens is 444 g/mol. The van der Waals surface area contributed by atoms with Gasteiger partial charge in [0.25, 0.3) is 5.91 Å². The second-order valence-corrected chi connectivity index (χ2v) is 6.88. The number of ether oxygens (including phenoxy) is 4. The van der Waals surface area contributed by atoms with Crippen LogP contribution in [0.5, 0.6) is 23.0 Å². The van der Waals surface area contributed by atoms with Crippen LogP contribution in [0.25, 0.3) is 0 Å². The molecule has 2 aromatic rings. The van der Waals surface area contributed by atoms with Crippen molar-refractivity contribution in [2.75, 3.05) is 34.2 Å². The molecule has 0 aliphatic carbocycles. The van der Waals surface area contributed by atoms with Gasteiger partial charge >= 0.3 is 0 Å². The lowest BCUT2D eigenvalue weighted by Gasteiger charge is -2.10. The van der Waals surface area contributed by atoms with Crippen LogP contribution < -0.4 is 24.3 Å². The number of methoxy groups -OCH3 is 2. The van der Waals surface area contributed by atoms with Crippen molar-refractivity contribution in [1.82, 2.24) is 5.32 Å². The summed E-state index contributed by atoms with van der Waals surface area (Å²) in [6.45, 7) is 0.488. The van der Waals surface area contributed by atoms with Crippen LogP contribution >= 0.6 is 15.9 Å². The number of fused-ring (bicyclic) bond motifs is 1. The summed E-state index contributed by atoms with van der Waals surface area (Å²) in [7, 11) is 3.18. The minimum atomic E-state index is -0.257. The van der Waals surface area contributed by atoms with E-state index in [0.717, 1.165) is 15.6 Å². The van der Waals surface area contributed by atoms with E-state index in [2.05, 4.69) is 26.4 Å². The van der Waals surface area contributed by atoms with E-state index in [1.54, 1.807) is 26.4 Å². The normalized spacial score (nSPS) is 12.1. The molecule has 29 heavy (non-hydrogen) atoms. The molecule has 0 fully saturated rings. The van der Waals surface area contributed by atoms with Gasteiger partial charge in [-0.1, -0.05) is 11.2 Å². The maximum atomic E-state index is 11.9. The van der Waals surface area contributed by atoms with E-state index in [0.29, 0.717) is 36.0 Å². The van der Waals surface area contributed by atoms with Crippen molar-refractivity contribution in [3.8, 4) is 23.0 Å². The third kappa shape index (κ3) is 5.54. The molecule has 0 spiro atoms. The number of benzene rings is 2. The molecule has 0 unspecified atom stereocenters. The zero-order valence-corrected chi connectivity index (χ0v) is 17.7. The SMILES string of the molecule is COc1ccc(CCNC(=O)CO/N=C/c2cc3c(cc2Br)OCO3)cc1OC. The van der Waals surface area contributed by atoms with Crippen molar-refractivity contribution in [3.05, 3.63) is 45.9 Å². The van der Waals surface area contributed by atoms with Gasteiger partial charge in [0.15, 0.2) is 29.6 Å². The summed E-state index contributed by atoms with van der Waals surface area (Å²) < 4.78 is 21.9. The molecule has 8 nitrogen and oxygen atoms in total. The number of carbonyl (C=O) groups is 1. The number of oxime groups is 1. The number of nitrogens with one attached hydrogen (secondary N) is 1. The smallest absolute Gasteiger partial charge is 0.260 e. The Kier molecular flexibility index (Phi) is 7.18. The molecule has 0 aromatic heterocycles. The zero-order chi connectivity index (χ0) is 20.6. The van der Waals surface area contributed by atoms with Crippen LogP contribution in [0, 0.1) is 0 Å². The summed E-state index contributed by atoms with van der Waals surface area (Å²) in [5.41, 5.74) is 1.78. The average Bonchev–Trinajstić information content (AvgIpc) is 3.18. The molecule has 1 N–H and O–H groups in total. The van der Waals surface area contributed by atoms with Gasteiger partial charge in [0.05, 0.1) is 20.4 Å². The van der Waals surface area contributed by atoms with Crippen molar-refractivity contribution in [2.24, 2.45) is 5.16 Å². The Labute approximate surface area is 176 Å². The number of hydrogen-bond acceptors (Lipinski definition) is 7. The van der Waals surface area contributed by atoms with Crippen LogP contribution in [0.15, 0.2) is 40.0 Å². The molecule has 0 saturated carbocycles. The van der Waals surface area contributed by atoms with Gasteiger partial charge in [0.2, 0.25) is 6.79 Å². The highest BCUT2D eigenvalue weighted by atomic mass is 79.9. The average molecular weight is 465 g/mol. The van der Waals surface area contributed by atoms with Crippen LogP contribution in [-0.4, -0.2) is 46.3 Å². The molecule has 1 aliphatic rings. The highest BCUT2D eigenvalue weighted by Gasteiger charge is 2.15. The van der Waals surface area contributed by atoms with Crippen LogP contribution in [0.3, 0.4) is 0 Å². The predicted molar refractivity (Wildman–Crippen MR) is 110 cm³/mol. The molecule has 0 bridgehead atoms. The van der Waals surface area contributed by atoms with Gasteiger partial charge in [-0.2, -0.15) is 0 Å². The number of amides is 1. The first-order valence-corrected chi connectivity index (χ1v) is 9.62. The maximum absolute atomic E-state index is 11.9. The second kappa shape index (κ2) is 10.0. The van der Waals surface area contributed by atoms with Gasteiger partial charge in [0, 0.05) is 16.6 Å². The molecule has 9 heteroatoms. The first kappa shape index (κ1) is 20.8. The Balaban J connectivity index is 1.41. The Morgan fingerprint density at radius 1 is 1.17 bits per heavy atom. The topological polar surface area (TPSA) is 87.6 Å². The van der Waals surface area contributed by atoms with E-state index in [1.165, 1.54) is 6.21 Å². The molecule has 0 saturated heterocycles. The van der Waals surface area contributed by atoms with Gasteiger partial charge in [-0.25, -0.2) is 0 Å². The molecular formula is C20H21BrN2O6. The molecule has 1 aliphatic heterocycles. The van der Waals surface area contributed by atoms with Crippen molar-refractivity contribution in [1.29, 1.82) is 0 Å². The minimum Gasteiger partial charge on any atom is -0.493 e. The number of halogens is 1. The van der Waals surface area contributed by atoms with Crippen LogP contribution in [-0.2, 0) is 16.1 Å². The Hall–Kier alpha value is -2.94. The standard InChI is InChI=1S/C20H21BrN2O6/c1-25-16-4-3-13(7-17(16)26-2)5-6-22-20(24)11-29-23-10-14-8-18-19(9-15(14)21)28-12-27-18/h3-4,7-10H,5-6,11-12H2,1-2H3,(H,22,24)/b23-10+. The molecule has 0 atom stereocenters. The summed E-state index contributed by atoms with van der Waals surface area (Å²) in [5, 5.41) is 6.62. The van der Waals surface area contributed by atoms with Gasteiger partial charge < -0.3 is 29.1 Å². The lowest BCUT2D eigenvalue weighted by atomic mass is 10.1. The monoisotopic (exact) mass is 464 g/mol. The van der Waals surface area contributed by atoms with Crippen molar-refractivity contribution in [2.45, 2.75) is 6.42 Å². The third-order valence-corrected chi connectivity index (χ3v) is 4.82. The Bertz CT molecular complexity index is 903. The summed E-state index contributed by atoms with van der Waals surface area (Å²) >= 11 is 3.43. The van der Waals surface area contributed by atoms with E-state index in [4.69, 9.17) is 23.8 Å². The van der Waals surface area contributed by atoms with Gasteiger partial charge in [-0.3, -0.25) is 4.79 Å². The fourth-order valence-electron chi connectivity index (χ4n) is 2.66.